The summed E-state index contributed by atoms with van der Waals surface area (Å²) >= 11 is 3.45. The van der Waals surface area contributed by atoms with Gasteiger partial charge in [-0.3, -0.25) is 4.79 Å². The average molecular weight is 357 g/mol. The number of phenols is 1. The van der Waals surface area contributed by atoms with Gasteiger partial charge in [0.25, 0.3) is 5.91 Å². The van der Waals surface area contributed by atoms with E-state index in [0.717, 1.165) is 44.5 Å². The number of alkyl halides is 1. The quantitative estimate of drug-likeness (QED) is 0.837. The van der Waals surface area contributed by atoms with Crippen molar-refractivity contribution < 1.29 is 14.6 Å². The van der Waals surface area contributed by atoms with Crippen molar-refractivity contribution in [3.8, 4) is 11.5 Å². The van der Waals surface area contributed by atoms with E-state index in [4.69, 9.17) is 4.74 Å². The van der Waals surface area contributed by atoms with E-state index in [1.165, 1.54) is 13.2 Å². The Kier molecular flexibility index (Phi) is 5.87. The number of phenolic OH excluding ortho intramolecular Hbond substituents is 1. The summed E-state index contributed by atoms with van der Waals surface area (Å²) in [7, 11) is 1.49. The highest BCUT2D eigenvalue weighted by atomic mass is 79.9. The molecule has 0 aliphatic carbocycles. The lowest BCUT2D eigenvalue weighted by atomic mass is 10.1. The number of carbonyl (C=O) groups excluding carboxylic acids is 1. The van der Waals surface area contributed by atoms with E-state index in [-0.39, 0.29) is 11.7 Å². The summed E-state index contributed by atoms with van der Waals surface area (Å²) in [4.78, 5) is 16.7. The normalized spacial score (nSPS) is 16.6. The van der Waals surface area contributed by atoms with Gasteiger partial charge in [-0.25, -0.2) is 0 Å². The Morgan fingerprint density at radius 3 is 2.81 bits per heavy atom. The van der Waals surface area contributed by atoms with Gasteiger partial charge in [-0.15, -0.1) is 0 Å². The Bertz CT molecular complexity index is 496. The molecule has 5 nitrogen and oxygen atoms in total. The Hall–Kier alpha value is -1.27. The van der Waals surface area contributed by atoms with Crippen molar-refractivity contribution in [2.24, 2.45) is 0 Å². The van der Waals surface area contributed by atoms with E-state index in [1.54, 1.807) is 12.1 Å². The molecule has 1 heterocycles. The second kappa shape index (κ2) is 7.66. The smallest absolute Gasteiger partial charge is 0.254 e. The fourth-order valence-corrected chi connectivity index (χ4v) is 3.02. The Balaban J connectivity index is 2.04. The fourth-order valence-electron chi connectivity index (χ4n) is 2.52. The fraction of sp³-hybridized carbons (Fsp3) is 0.533. The second-order valence-electron chi connectivity index (χ2n) is 5.06. The molecule has 1 aromatic carbocycles. The third kappa shape index (κ3) is 4.11. The number of amides is 1. The van der Waals surface area contributed by atoms with Crippen molar-refractivity contribution in [1.29, 1.82) is 0 Å². The van der Waals surface area contributed by atoms with Crippen LogP contribution in [0.3, 0.4) is 0 Å². The van der Waals surface area contributed by atoms with Gasteiger partial charge in [-0.1, -0.05) is 15.9 Å². The van der Waals surface area contributed by atoms with Crippen LogP contribution in [0.25, 0.3) is 0 Å². The molecule has 1 fully saturated rings. The molecule has 116 valence electrons. The van der Waals surface area contributed by atoms with Crippen LogP contribution >= 0.6 is 15.9 Å². The lowest BCUT2D eigenvalue weighted by Crippen LogP contribution is -2.35. The Labute approximate surface area is 133 Å². The van der Waals surface area contributed by atoms with Crippen LogP contribution in [0.15, 0.2) is 18.2 Å². The van der Waals surface area contributed by atoms with Crippen molar-refractivity contribution in [3.05, 3.63) is 23.8 Å². The zero-order valence-electron chi connectivity index (χ0n) is 12.2. The van der Waals surface area contributed by atoms with Crippen LogP contribution in [-0.2, 0) is 0 Å². The van der Waals surface area contributed by atoms with E-state index < -0.39 is 0 Å². The molecular weight excluding hydrogens is 336 g/mol. The summed E-state index contributed by atoms with van der Waals surface area (Å²) in [5.41, 5.74) is 0.502. The van der Waals surface area contributed by atoms with Gasteiger partial charge in [0.15, 0.2) is 11.5 Å². The first-order valence-electron chi connectivity index (χ1n) is 7.10. The minimum absolute atomic E-state index is 0.000845. The maximum atomic E-state index is 12.5. The van der Waals surface area contributed by atoms with Gasteiger partial charge in [-0.05, 0) is 31.2 Å². The molecule has 1 aliphatic rings. The van der Waals surface area contributed by atoms with E-state index >= 15 is 0 Å². The predicted octanol–water partition coefficient (Wildman–Crippen LogP) is 1.94. The van der Waals surface area contributed by atoms with Gasteiger partial charge >= 0.3 is 0 Å². The number of nitrogens with zero attached hydrogens (tertiary/aromatic N) is 2. The number of methoxy groups -OCH3 is 1. The SMILES string of the molecule is COc1ccc(C(=O)N2CCCN(CCBr)CC2)cc1O. The van der Waals surface area contributed by atoms with Crippen molar-refractivity contribution in [2.75, 3.05) is 45.2 Å². The van der Waals surface area contributed by atoms with Crippen molar-refractivity contribution in [3.63, 3.8) is 0 Å². The molecular formula is C15H21BrN2O3. The minimum atomic E-state index is -0.0337. The van der Waals surface area contributed by atoms with Gasteiger partial charge in [0, 0.05) is 37.1 Å². The molecule has 2 rings (SSSR count). The summed E-state index contributed by atoms with van der Waals surface area (Å²) in [5, 5.41) is 10.7. The molecule has 1 aromatic rings. The summed E-state index contributed by atoms with van der Waals surface area (Å²) in [5.74, 6) is 0.346. The van der Waals surface area contributed by atoms with Crippen molar-refractivity contribution in [2.45, 2.75) is 6.42 Å². The summed E-state index contributed by atoms with van der Waals surface area (Å²) < 4.78 is 5.00. The van der Waals surface area contributed by atoms with Crippen LogP contribution in [0, 0.1) is 0 Å². The van der Waals surface area contributed by atoms with Gasteiger partial charge in [0.2, 0.25) is 0 Å². The number of carbonyl (C=O) groups is 1. The standard InChI is InChI=1S/C15H21BrN2O3/c1-21-14-4-3-12(11-13(14)19)15(20)18-7-2-6-17(8-5-16)9-10-18/h3-4,11,19H,2,5-10H2,1H3. The summed E-state index contributed by atoms with van der Waals surface area (Å²) in [6, 6.07) is 4.79. The molecule has 1 N–H and O–H groups in total. The lowest BCUT2D eigenvalue weighted by molar-refractivity contribution is 0.0761. The first-order valence-corrected chi connectivity index (χ1v) is 8.22. The van der Waals surface area contributed by atoms with E-state index in [9.17, 15) is 9.90 Å². The van der Waals surface area contributed by atoms with E-state index in [0.29, 0.717) is 11.3 Å². The first-order chi connectivity index (χ1) is 10.2. The maximum Gasteiger partial charge on any atom is 0.254 e. The highest BCUT2D eigenvalue weighted by Crippen LogP contribution is 2.26. The summed E-state index contributed by atoms with van der Waals surface area (Å²) in [6.45, 7) is 4.39. The monoisotopic (exact) mass is 356 g/mol. The van der Waals surface area contributed by atoms with Crippen LogP contribution in [0.1, 0.15) is 16.8 Å². The number of hydrogen-bond donors (Lipinski definition) is 1. The third-order valence-electron chi connectivity index (χ3n) is 3.70. The van der Waals surface area contributed by atoms with E-state index in [2.05, 4.69) is 20.8 Å². The van der Waals surface area contributed by atoms with Gasteiger partial charge in [-0.2, -0.15) is 0 Å². The number of ether oxygens (including phenoxy) is 1. The van der Waals surface area contributed by atoms with Crippen LogP contribution in [-0.4, -0.2) is 66.0 Å². The molecule has 21 heavy (non-hydrogen) atoms. The molecule has 0 saturated carbocycles. The topological polar surface area (TPSA) is 53.0 Å². The second-order valence-corrected chi connectivity index (χ2v) is 5.86. The maximum absolute atomic E-state index is 12.5. The molecule has 0 bridgehead atoms. The molecule has 0 spiro atoms. The van der Waals surface area contributed by atoms with Gasteiger partial charge < -0.3 is 19.6 Å². The zero-order valence-corrected chi connectivity index (χ0v) is 13.8. The van der Waals surface area contributed by atoms with Gasteiger partial charge in [0.05, 0.1) is 7.11 Å². The van der Waals surface area contributed by atoms with Crippen molar-refractivity contribution in [1.82, 2.24) is 9.80 Å². The molecule has 0 unspecified atom stereocenters. The van der Waals surface area contributed by atoms with E-state index in [1.807, 2.05) is 4.90 Å². The molecule has 1 saturated heterocycles. The predicted molar refractivity (Wildman–Crippen MR) is 85.4 cm³/mol. The average Bonchev–Trinajstić information content (AvgIpc) is 2.72. The highest BCUT2D eigenvalue weighted by Gasteiger charge is 2.20. The Morgan fingerprint density at radius 1 is 1.33 bits per heavy atom. The van der Waals surface area contributed by atoms with Crippen molar-refractivity contribution >= 4 is 21.8 Å². The zero-order chi connectivity index (χ0) is 15.2. The first kappa shape index (κ1) is 16.1. The molecule has 0 aromatic heterocycles. The molecule has 0 radical (unpaired) electrons. The van der Waals surface area contributed by atoms with Crippen LogP contribution in [0.2, 0.25) is 0 Å². The Morgan fingerprint density at radius 2 is 2.14 bits per heavy atom. The van der Waals surface area contributed by atoms with Crippen LogP contribution < -0.4 is 4.74 Å². The molecule has 6 heteroatoms. The third-order valence-corrected chi connectivity index (χ3v) is 4.06. The molecule has 0 atom stereocenters. The highest BCUT2D eigenvalue weighted by molar-refractivity contribution is 9.09. The number of benzene rings is 1. The minimum Gasteiger partial charge on any atom is -0.504 e. The van der Waals surface area contributed by atoms with Gasteiger partial charge in [0.1, 0.15) is 0 Å². The molecule has 1 aliphatic heterocycles. The summed E-state index contributed by atoms with van der Waals surface area (Å²) in [6.07, 6.45) is 0.973. The number of hydrogen-bond acceptors (Lipinski definition) is 4. The number of aromatic hydroxyl groups is 1. The number of halogens is 1. The van der Waals surface area contributed by atoms with Crippen LogP contribution in [0.5, 0.6) is 11.5 Å². The van der Waals surface area contributed by atoms with Crippen LogP contribution in [0.4, 0.5) is 0 Å². The molecule has 1 amide bonds. The number of rotatable bonds is 4. The largest absolute Gasteiger partial charge is 0.504 e. The lowest BCUT2D eigenvalue weighted by Gasteiger charge is -2.21.